The van der Waals surface area contributed by atoms with Crippen LogP contribution in [0.4, 0.5) is 11.5 Å². The maximum absolute atomic E-state index is 4.43. The molecule has 0 fully saturated rings. The summed E-state index contributed by atoms with van der Waals surface area (Å²) >= 11 is 0. The van der Waals surface area contributed by atoms with E-state index in [4.69, 9.17) is 0 Å². The van der Waals surface area contributed by atoms with Crippen molar-refractivity contribution in [2.45, 2.75) is 34.1 Å². The van der Waals surface area contributed by atoms with Crippen molar-refractivity contribution in [3.63, 3.8) is 0 Å². The Kier molecular flexibility index (Phi) is 3.33. The topological polar surface area (TPSA) is 55.1 Å². The summed E-state index contributed by atoms with van der Waals surface area (Å²) in [7, 11) is 0. The maximum Gasteiger partial charge on any atom is 0.254 e. The predicted molar refractivity (Wildman–Crippen MR) is 84.1 cm³/mol. The third kappa shape index (κ3) is 2.35. The van der Waals surface area contributed by atoms with E-state index in [9.17, 15) is 0 Å². The third-order valence-corrected chi connectivity index (χ3v) is 3.90. The highest BCUT2D eigenvalue weighted by Gasteiger charge is 2.11. The lowest BCUT2D eigenvalue weighted by Crippen LogP contribution is -2.06. The van der Waals surface area contributed by atoms with Crippen LogP contribution < -0.4 is 5.32 Å². The van der Waals surface area contributed by atoms with Crippen molar-refractivity contribution in [1.29, 1.82) is 0 Å². The molecule has 1 N–H and O–H groups in total. The minimum Gasteiger partial charge on any atom is -0.340 e. The summed E-state index contributed by atoms with van der Waals surface area (Å²) in [6.07, 6.45) is 2.55. The van der Waals surface area contributed by atoms with E-state index < -0.39 is 0 Å². The molecule has 0 radical (unpaired) electrons. The van der Waals surface area contributed by atoms with Gasteiger partial charge in [-0.2, -0.15) is 14.6 Å². The summed E-state index contributed by atoms with van der Waals surface area (Å²) in [6, 6.07) is 6.42. The molecule has 5 heteroatoms. The van der Waals surface area contributed by atoms with Gasteiger partial charge >= 0.3 is 0 Å². The largest absolute Gasteiger partial charge is 0.340 e. The molecule has 0 bridgehead atoms. The zero-order valence-corrected chi connectivity index (χ0v) is 12.8. The first-order valence-corrected chi connectivity index (χ1v) is 7.13. The SMILES string of the molecule is CCc1cc(Nc2c(C)c(C)nc3ncnn23)ccc1C. The summed E-state index contributed by atoms with van der Waals surface area (Å²) in [5.74, 6) is 1.53. The molecule has 3 rings (SSSR count). The quantitative estimate of drug-likeness (QED) is 0.800. The molecule has 0 saturated carbocycles. The van der Waals surface area contributed by atoms with E-state index in [0.29, 0.717) is 5.78 Å². The summed E-state index contributed by atoms with van der Waals surface area (Å²) < 4.78 is 1.74. The smallest absolute Gasteiger partial charge is 0.254 e. The van der Waals surface area contributed by atoms with Crippen LogP contribution in [0, 0.1) is 20.8 Å². The van der Waals surface area contributed by atoms with E-state index in [2.05, 4.69) is 52.4 Å². The molecule has 2 aromatic heterocycles. The Balaban J connectivity index is 2.09. The number of fused-ring (bicyclic) bond motifs is 1. The summed E-state index contributed by atoms with van der Waals surface area (Å²) in [6.45, 7) is 8.34. The number of anilines is 2. The molecule has 0 spiro atoms. The first-order valence-electron chi connectivity index (χ1n) is 7.13. The van der Waals surface area contributed by atoms with Crippen molar-refractivity contribution in [2.24, 2.45) is 0 Å². The van der Waals surface area contributed by atoms with Gasteiger partial charge in [0.15, 0.2) is 0 Å². The standard InChI is InChI=1S/C16H19N5/c1-5-13-8-14(7-6-10(13)2)20-15-11(3)12(4)19-16-17-9-18-21(15)16/h6-9,20H,5H2,1-4H3. The summed E-state index contributed by atoms with van der Waals surface area (Å²) in [4.78, 5) is 8.61. The van der Waals surface area contributed by atoms with Crippen molar-refractivity contribution in [1.82, 2.24) is 19.6 Å². The van der Waals surface area contributed by atoms with Crippen molar-refractivity contribution >= 4 is 17.3 Å². The van der Waals surface area contributed by atoms with Crippen LogP contribution in [0.1, 0.15) is 29.3 Å². The molecule has 0 saturated heterocycles. The molecule has 0 aliphatic heterocycles. The van der Waals surface area contributed by atoms with Gasteiger partial charge in [0, 0.05) is 16.9 Å². The van der Waals surface area contributed by atoms with Crippen LogP contribution in [0.25, 0.3) is 5.78 Å². The average molecular weight is 281 g/mol. The number of nitrogens with zero attached hydrogens (tertiary/aromatic N) is 4. The van der Waals surface area contributed by atoms with Crippen LogP contribution in [0.2, 0.25) is 0 Å². The molecule has 1 aromatic carbocycles. The minimum absolute atomic E-state index is 0.614. The van der Waals surface area contributed by atoms with Gasteiger partial charge in [0.2, 0.25) is 0 Å². The lowest BCUT2D eigenvalue weighted by atomic mass is 10.1. The van der Waals surface area contributed by atoms with Gasteiger partial charge in [-0.15, -0.1) is 0 Å². The van der Waals surface area contributed by atoms with Gasteiger partial charge in [-0.05, 0) is 50.5 Å². The highest BCUT2D eigenvalue weighted by molar-refractivity contribution is 5.63. The van der Waals surface area contributed by atoms with E-state index in [1.165, 1.54) is 17.5 Å². The Morgan fingerprint density at radius 1 is 1.19 bits per heavy atom. The van der Waals surface area contributed by atoms with Gasteiger partial charge in [-0.3, -0.25) is 0 Å². The fraction of sp³-hybridized carbons (Fsp3) is 0.312. The number of nitrogens with one attached hydrogen (secondary N) is 1. The van der Waals surface area contributed by atoms with E-state index in [-0.39, 0.29) is 0 Å². The Morgan fingerprint density at radius 3 is 2.76 bits per heavy atom. The highest BCUT2D eigenvalue weighted by Crippen LogP contribution is 2.24. The maximum atomic E-state index is 4.43. The third-order valence-electron chi connectivity index (χ3n) is 3.90. The molecule has 0 atom stereocenters. The second kappa shape index (κ2) is 5.16. The van der Waals surface area contributed by atoms with Crippen LogP contribution in [-0.4, -0.2) is 19.6 Å². The molecule has 0 amide bonds. The fourth-order valence-corrected chi connectivity index (χ4v) is 2.45. The van der Waals surface area contributed by atoms with Crippen LogP contribution >= 0.6 is 0 Å². The minimum atomic E-state index is 0.614. The Labute approximate surface area is 124 Å². The van der Waals surface area contributed by atoms with Crippen molar-refractivity contribution in [3.8, 4) is 0 Å². The van der Waals surface area contributed by atoms with E-state index in [1.54, 1.807) is 4.52 Å². The van der Waals surface area contributed by atoms with Crippen molar-refractivity contribution < 1.29 is 0 Å². The van der Waals surface area contributed by atoms with Crippen LogP contribution in [0.5, 0.6) is 0 Å². The molecule has 5 nitrogen and oxygen atoms in total. The average Bonchev–Trinajstić information content (AvgIpc) is 2.93. The molecule has 21 heavy (non-hydrogen) atoms. The second-order valence-corrected chi connectivity index (χ2v) is 5.26. The lowest BCUT2D eigenvalue weighted by Gasteiger charge is -2.14. The number of aryl methyl sites for hydroxylation is 3. The Bertz CT molecular complexity index is 804. The van der Waals surface area contributed by atoms with Crippen LogP contribution in [0.3, 0.4) is 0 Å². The number of hydrogen-bond acceptors (Lipinski definition) is 4. The zero-order valence-electron chi connectivity index (χ0n) is 12.8. The molecule has 0 unspecified atom stereocenters. The molecule has 2 heterocycles. The van der Waals surface area contributed by atoms with Gasteiger partial charge in [0.05, 0.1) is 0 Å². The molecule has 0 aliphatic rings. The lowest BCUT2D eigenvalue weighted by molar-refractivity contribution is 0.923. The molecule has 3 aromatic rings. The van der Waals surface area contributed by atoms with Crippen LogP contribution in [-0.2, 0) is 6.42 Å². The van der Waals surface area contributed by atoms with Gasteiger partial charge in [0.25, 0.3) is 5.78 Å². The van der Waals surface area contributed by atoms with Crippen LogP contribution in [0.15, 0.2) is 24.5 Å². The van der Waals surface area contributed by atoms with Gasteiger partial charge in [0.1, 0.15) is 12.1 Å². The molecular weight excluding hydrogens is 262 g/mol. The second-order valence-electron chi connectivity index (χ2n) is 5.26. The molecular formula is C16H19N5. The van der Waals surface area contributed by atoms with E-state index >= 15 is 0 Å². The van der Waals surface area contributed by atoms with E-state index in [0.717, 1.165) is 29.2 Å². The number of benzene rings is 1. The van der Waals surface area contributed by atoms with Gasteiger partial charge < -0.3 is 5.32 Å². The summed E-state index contributed by atoms with van der Waals surface area (Å²) in [5.41, 5.74) is 5.75. The number of hydrogen-bond donors (Lipinski definition) is 1. The van der Waals surface area contributed by atoms with Crippen molar-refractivity contribution in [2.75, 3.05) is 5.32 Å². The number of rotatable bonds is 3. The zero-order chi connectivity index (χ0) is 15.0. The first-order chi connectivity index (χ1) is 10.1. The Hall–Kier alpha value is -2.43. The molecule has 108 valence electrons. The normalized spacial score (nSPS) is 11.0. The van der Waals surface area contributed by atoms with Gasteiger partial charge in [-0.25, -0.2) is 4.98 Å². The van der Waals surface area contributed by atoms with Crippen molar-refractivity contribution in [3.05, 3.63) is 46.9 Å². The fourth-order valence-electron chi connectivity index (χ4n) is 2.45. The predicted octanol–water partition coefficient (Wildman–Crippen LogP) is 3.36. The monoisotopic (exact) mass is 281 g/mol. The first kappa shape index (κ1) is 13.5. The number of aromatic nitrogens is 4. The Morgan fingerprint density at radius 2 is 2.00 bits per heavy atom. The van der Waals surface area contributed by atoms with Gasteiger partial charge in [-0.1, -0.05) is 13.0 Å². The molecule has 0 aliphatic carbocycles. The van der Waals surface area contributed by atoms with E-state index in [1.807, 2.05) is 13.8 Å². The summed E-state index contributed by atoms with van der Waals surface area (Å²) in [5, 5.41) is 7.72. The highest BCUT2D eigenvalue weighted by atomic mass is 15.4.